The van der Waals surface area contributed by atoms with Gasteiger partial charge in [0.05, 0.1) is 17.3 Å². The minimum absolute atomic E-state index is 0.108. The second kappa shape index (κ2) is 6.53. The zero-order valence-electron chi connectivity index (χ0n) is 13.1. The standard InChI is InChI=1S/C17H30O4/c18-15(17(19)6-3-1-2-4-7-17)14-5-10-21-16(13-14)8-11-20-12-9-16/h14-15,18-19H,1-13H2. The summed E-state index contributed by atoms with van der Waals surface area (Å²) < 4.78 is 11.5. The van der Waals surface area contributed by atoms with Gasteiger partial charge in [0, 0.05) is 19.8 Å². The van der Waals surface area contributed by atoms with E-state index in [9.17, 15) is 10.2 Å². The molecule has 1 aliphatic carbocycles. The summed E-state index contributed by atoms with van der Waals surface area (Å²) in [6, 6.07) is 0. The molecule has 3 rings (SSSR count). The fourth-order valence-corrected chi connectivity index (χ4v) is 4.50. The Bertz CT molecular complexity index is 324. The fourth-order valence-electron chi connectivity index (χ4n) is 4.50. The molecule has 2 heterocycles. The first kappa shape index (κ1) is 15.7. The Hall–Kier alpha value is -0.160. The van der Waals surface area contributed by atoms with E-state index in [-0.39, 0.29) is 11.5 Å². The largest absolute Gasteiger partial charge is 0.390 e. The van der Waals surface area contributed by atoms with Crippen molar-refractivity contribution in [3.8, 4) is 0 Å². The highest BCUT2D eigenvalue weighted by molar-refractivity contribution is 4.97. The molecule has 2 atom stereocenters. The van der Waals surface area contributed by atoms with E-state index < -0.39 is 11.7 Å². The fraction of sp³-hybridized carbons (Fsp3) is 1.00. The molecular weight excluding hydrogens is 268 g/mol. The van der Waals surface area contributed by atoms with Crippen LogP contribution in [0, 0.1) is 5.92 Å². The molecule has 0 radical (unpaired) electrons. The Balaban J connectivity index is 1.67. The molecule has 0 aromatic carbocycles. The van der Waals surface area contributed by atoms with Crippen molar-refractivity contribution in [1.82, 2.24) is 0 Å². The molecule has 2 unspecified atom stereocenters. The Kier molecular flexibility index (Phi) is 4.89. The van der Waals surface area contributed by atoms with Crippen molar-refractivity contribution >= 4 is 0 Å². The van der Waals surface area contributed by atoms with Gasteiger partial charge in [0.15, 0.2) is 0 Å². The average Bonchev–Trinajstić information content (AvgIpc) is 2.73. The maximum Gasteiger partial charge on any atom is 0.0908 e. The van der Waals surface area contributed by atoms with Gasteiger partial charge in [-0.3, -0.25) is 0 Å². The van der Waals surface area contributed by atoms with Gasteiger partial charge in [-0.25, -0.2) is 0 Å². The lowest BCUT2D eigenvalue weighted by Crippen LogP contribution is -2.52. The Morgan fingerprint density at radius 1 is 0.905 bits per heavy atom. The second-order valence-electron chi connectivity index (χ2n) is 7.36. The summed E-state index contributed by atoms with van der Waals surface area (Å²) in [5, 5.41) is 21.8. The quantitative estimate of drug-likeness (QED) is 0.769. The van der Waals surface area contributed by atoms with Crippen molar-refractivity contribution in [2.45, 2.75) is 81.5 Å². The monoisotopic (exact) mass is 298 g/mol. The van der Waals surface area contributed by atoms with Crippen molar-refractivity contribution < 1.29 is 19.7 Å². The SMILES string of the molecule is OC(C1CCOC2(CCOCC2)C1)C1(O)CCCCCC1. The smallest absolute Gasteiger partial charge is 0.0908 e. The summed E-state index contributed by atoms with van der Waals surface area (Å²) in [7, 11) is 0. The van der Waals surface area contributed by atoms with Gasteiger partial charge >= 0.3 is 0 Å². The Labute approximate surface area is 127 Å². The summed E-state index contributed by atoms with van der Waals surface area (Å²) in [5.74, 6) is 0.167. The van der Waals surface area contributed by atoms with E-state index in [0.29, 0.717) is 6.61 Å². The highest BCUT2D eigenvalue weighted by Crippen LogP contribution is 2.42. The lowest BCUT2D eigenvalue weighted by Gasteiger charge is -2.47. The molecule has 2 aliphatic heterocycles. The van der Waals surface area contributed by atoms with Gasteiger partial charge < -0.3 is 19.7 Å². The van der Waals surface area contributed by atoms with Crippen LogP contribution in [0.4, 0.5) is 0 Å². The average molecular weight is 298 g/mol. The maximum absolute atomic E-state index is 10.9. The molecule has 1 saturated carbocycles. The lowest BCUT2D eigenvalue weighted by molar-refractivity contribution is -0.183. The first-order valence-electron chi connectivity index (χ1n) is 8.76. The number of ether oxygens (including phenoxy) is 2. The molecule has 0 amide bonds. The molecule has 3 aliphatic rings. The highest BCUT2D eigenvalue weighted by atomic mass is 16.5. The second-order valence-corrected chi connectivity index (χ2v) is 7.36. The van der Waals surface area contributed by atoms with Crippen molar-refractivity contribution in [3.63, 3.8) is 0 Å². The van der Waals surface area contributed by atoms with Gasteiger partial charge in [0.25, 0.3) is 0 Å². The summed E-state index contributed by atoms with van der Waals surface area (Å²) >= 11 is 0. The van der Waals surface area contributed by atoms with E-state index in [0.717, 1.165) is 64.6 Å². The van der Waals surface area contributed by atoms with Crippen molar-refractivity contribution in [2.24, 2.45) is 5.92 Å². The van der Waals surface area contributed by atoms with E-state index in [1.807, 2.05) is 0 Å². The van der Waals surface area contributed by atoms with E-state index in [1.165, 1.54) is 12.8 Å². The van der Waals surface area contributed by atoms with Crippen LogP contribution < -0.4 is 0 Å². The summed E-state index contributed by atoms with van der Waals surface area (Å²) in [6.45, 7) is 2.22. The van der Waals surface area contributed by atoms with Crippen LogP contribution in [0.3, 0.4) is 0 Å². The number of hydrogen-bond acceptors (Lipinski definition) is 4. The zero-order valence-corrected chi connectivity index (χ0v) is 13.1. The predicted molar refractivity (Wildman–Crippen MR) is 80.1 cm³/mol. The van der Waals surface area contributed by atoms with Crippen LogP contribution in [0.25, 0.3) is 0 Å². The van der Waals surface area contributed by atoms with Crippen LogP contribution in [0.5, 0.6) is 0 Å². The maximum atomic E-state index is 10.9. The number of aliphatic hydroxyl groups is 2. The minimum Gasteiger partial charge on any atom is -0.390 e. The molecule has 21 heavy (non-hydrogen) atoms. The number of rotatable bonds is 2. The molecule has 0 aromatic heterocycles. The third-order valence-corrected chi connectivity index (χ3v) is 5.90. The van der Waals surface area contributed by atoms with Crippen LogP contribution >= 0.6 is 0 Å². The molecule has 0 bridgehead atoms. The molecular formula is C17H30O4. The lowest BCUT2D eigenvalue weighted by atomic mass is 9.73. The molecule has 4 heteroatoms. The Morgan fingerprint density at radius 3 is 2.24 bits per heavy atom. The van der Waals surface area contributed by atoms with Gasteiger partial charge in [-0.1, -0.05) is 25.7 Å². The van der Waals surface area contributed by atoms with Gasteiger partial charge in [-0.05, 0) is 44.4 Å². The first-order valence-corrected chi connectivity index (χ1v) is 8.76. The summed E-state index contributed by atoms with van der Waals surface area (Å²) in [4.78, 5) is 0. The van der Waals surface area contributed by atoms with E-state index in [2.05, 4.69) is 0 Å². The molecule has 2 saturated heterocycles. The van der Waals surface area contributed by atoms with E-state index in [4.69, 9.17) is 9.47 Å². The van der Waals surface area contributed by atoms with E-state index >= 15 is 0 Å². The van der Waals surface area contributed by atoms with E-state index in [1.54, 1.807) is 0 Å². The molecule has 122 valence electrons. The van der Waals surface area contributed by atoms with Gasteiger partial charge in [0.2, 0.25) is 0 Å². The van der Waals surface area contributed by atoms with Gasteiger partial charge in [-0.2, -0.15) is 0 Å². The summed E-state index contributed by atoms with van der Waals surface area (Å²) in [6.07, 6.45) is 8.94. The third kappa shape index (κ3) is 3.44. The van der Waals surface area contributed by atoms with Gasteiger partial charge in [-0.15, -0.1) is 0 Å². The molecule has 4 nitrogen and oxygen atoms in total. The van der Waals surface area contributed by atoms with Crippen LogP contribution in [-0.2, 0) is 9.47 Å². The van der Waals surface area contributed by atoms with Crippen molar-refractivity contribution in [2.75, 3.05) is 19.8 Å². The van der Waals surface area contributed by atoms with Crippen molar-refractivity contribution in [3.05, 3.63) is 0 Å². The zero-order chi connectivity index (χ0) is 14.8. The Morgan fingerprint density at radius 2 is 1.57 bits per heavy atom. The number of hydrogen-bond donors (Lipinski definition) is 2. The molecule has 1 spiro atoms. The van der Waals surface area contributed by atoms with Gasteiger partial charge in [0.1, 0.15) is 0 Å². The minimum atomic E-state index is -0.870. The van der Waals surface area contributed by atoms with Crippen LogP contribution in [-0.4, -0.2) is 47.3 Å². The van der Waals surface area contributed by atoms with Crippen LogP contribution in [0.2, 0.25) is 0 Å². The topological polar surface area (TPSA) is 58.9 Å². The number of aliphatic hydroxyl groups excluding tert-OH is 1. The van der Waals surface area contributed by atoms with Crippen LogP contribution in [0.1, 0.15) is 64.2 Å². The molecule has 3 fully saturated rings. The third-order valence-electron chi connectivity index (χ3n) is 5.90. The summed E-state index contributed by atoms with van der Waals surface area (Å²) in [5.41, 5.74) is -0.978. The molecule has 2 N–H and O–H groups in total. The first-order chi connectivity index (χ1) is 10.1. The normalized spacial score (nSPS) is 34.3. The predicted octanol–water partition coefficient (Wildman–Crippen LogP) is 2.41. The highest BCUT2D eigenvalue weighted by Gasteiger charge is 2.46. The molecule has 0 aromatic rings. The van der Waals surface area contributed by atoms with Crippen molar-refractivity contribution in [1.29, 1.82) is 0 Å². The van der Waals surface area contributed by atoms with Crippen LogP contribution in [0.15, 0.2) is 0 Å².